The second-order valence-corrected chi connectivity index (χ2v) is 9.23. The van der Waals surface area contributed by atoms with Gasteiger partial charge in [-0.15, -0.1) is 15.0 Å². The first-order valence-corrected chi connectivity index (χ1v) is 12.5. The van der Waals surface area contributed by atoms with E-state index in [1.54, 1.807) is 11.9 Å². The number of ether oxygens (including phenoxy) is 1. The van der Waals surface area contributed by atoms with Crippen LogP contribution in [0.1, 0.15) is 70.1 Å². The molecule has 0 aliphatic carbocycles. The van der Waals surface area contributed by atoms with Gasteiger partial charge in [0.25, 0.3) is 0 Å². The highest BCUT2D eigenvalue weighted by Gasteiger charge is 2.29. The Hall–Kier alpha value is -3.99. The van der Waals surface area contributed by atoms with Gasteiger partial charge in [0, 0.05) is 29.8 Å². The number of nitriles is 1. The summed E-state index contributed by atoms with van der Waals surface area (Å²) in [5, 5.41) is 18.4. The van der Waals surface area contributed by atoms with Gasteiger partial charge in [-0.1, -0.05) is 39.3 Å². The van der Waals surface area contributed by atoms with Crippen molar-refractivity contribution in [2.45, 2.75) is 58.9 Å². The normalized spacial score (nSPS) is 14.5. The molecule has 186 valence electrons. The largest absolute Gasteiger partial charge is 0.497 e. The highest BCUT2D eigenvalue weighted by atomic mass is 16.5. The molecule has 2 heterocycles. The van der Waals surface area contributed by atoms with Crippen LogP contribution in [0.5, 0.6) is 5.75 Å². The van der Waals surface area contributed by atoms with E-state index in [0.717, 1.165) is 41.4 Å². The Bertz CT molecular complexity index is 1300. The van der Waals surface area contributed by atoms with Crippen molar-refractivity contribution in [1.82, 2.24) is 14.9 Å². The van der Waals surface area contributed by atoms with Gasteiger partial charge in [0.2, 0.25) is 5.82 Å². The van der Waals surface area contributed by atoms with Crippen molar-refractivity contribution in [2.75, 3.05) is 18.6 Å². The van der Waals surface area contributed by atoms with Gasteiger partial charge < -0.3 is 9.64 Å². The summed E-state index contributed by atoms with van der Waals surface area (Å²) in [4.78, 5) is 13.6. The number of methoxy groups -OCH3 is 1. The molecule has 8 heteroatoms. The van der Waals surface area contributed by atoms with Crippen molar-refractivity contribution in [3.8, 4) is 11.8 Å². The van der Waals surface area contributed by atoms with Crippen LogP contribution in [0.25, 0.3) is 0 Å². The minimum absolute atomic E-state index is 0.184. The maximum atomic E-state index is 9.12. The summed E-state index contributed by atoms with van der Waals surface area (Å²) < 4.78 is 5.42. The number of nitrogens with zero attached hydrogens (tertiary/aromatic N) is 7. The fraction of sp³-hybridized carbons (Fsp3) is 0.393. The van der Waals surface area contributed by atoms with Crippen LogP contribution in [0.2, 0.25) is 0 Å². The average Bonchev–Trinajstić information content (AvgIpc) is 3.45. The number of benzene rings is 2. The summed E-state index contributed by atoms with van der Waals surface area (Å²) in [6, 6.07) is 18.5. The molecular formula is C28H33N7O. The lowest BCUT2D eigenvalue weighted by Gasteiger charge is -2.30. The van der Waals surface area contributed by atoms with Crippen LogP contribution in [0.4, 0.5) is 11.4 Å². The molecular weight excluding hydrogens is 450 g/mol. The summed E-state index contributed by atoms with van der Waals surface area (Å²) in [5.74, 6) is 2.30. The van der Waals surface area contributed by atoms with Crippen molar-refractivity contribution in [3.63, 3.8) is 0 Å². The third-order valence-corrected chi connectivity index (χ3v) is 6.22. The molecule has 3 aromatic rings. The molecule has 0 N–H and O–H groups in total. The van der Waals surface area contributed by atoms with Crippen LogP contribution >= 0.6 is 0 Å². The third-order valence-electron chi connectivity index (χ3n) is 6.22. The number of hydrogen-bond acceptors (Lipinski definition) is 7. The van der Waals surface area contributed by atoms with Crippen molar-refractivity contribution in [3.05, 3.63) is 65.7 Å². The fourth-order valence-corrected chi connectivity index (χ4v) is 4.29. The van der Waals surface area contributed by atoms with Gasteiger partial charge in [-0.25, -0.2) is 9.98 Å². The molecule has 4 rings (SSSR count). The number of aliphatic imine (C=N–C) groups is 1. The maximum Gasteiger partial charge on any atom is 0.204 e. The lowest BCUT2D eigenvalue weighted by atomic mass is 10.1. The zero-order valence-electron chi connectivity index (χ0n) is 21.6. The average molecular weight is 484 g/mol. The van der Waals surface area contributed by atoms with Crippen LogP contribution in [0.15, 0.2) is 58.6 Å². The van der Waals surface area contributed by atoms with E-state index >= 15 is 0 Å². The minimum Gasteiger partial charge on any atom is -0.497 e. The molecule has 0 fully saturated rings. The Morgan fingerprint density at radius 2 is 1.92 bits per heavy atom. The number of hydrogen-bond donors (Lipinski definition) is 0. The summed E-state index contributed by atoms with van der Waals surface area (Å²) in [5.41, 5.74) is 4.16. The van der Waals surface area contributed by atoms with Crippen molar-refractivity contribution in [1.29, 1.82) is 5.26 Å². The summed E-state index contributed by atoms with van der Waals surface area (Å²) in [6.07, 6.45) is 2.66. The van der Waals surface area contributed by atoms with Gasteiger partial charge in [-0.2, -0.15) is 5.26 Å². The zero-order valence-corrected chi connectivity index (χ0v) is 21.6. The van der Waals surface area contributed by atoms with E-state index < -0.39 is 0 Å². The smallest absolute Gasteiger partial charge is 0.204 e. The molecule has 0 spiro atoms. The van der Waals surface area contributed by atoms with Gasteiger partial charge in [0.1, 0.15) is 17.2 Å². The van der Waals surface area contributed by atoms with E-state index in [2.05, 4.69) is 55.9 Å². The molecule has 0 saturated heterocycles. The lowest BCUT2D eigenvalue weighted by Crippen LogP contribution is -2.33. The molecule has 36 heavy (non-hydrogen) atoms. The first kappa shape index (κ1) is 25.1. The Morgan fingerprint density at radius 1 is 1.14 bits per heavy atom. The molecule has 8 nitrogen and oxygen atoms in total. The molecule has 0 bridgehead atoms. The van der Waals surface area contributed by atoms with Crippen molar-refractivity contribution < 1.29 is 4.74 Å². The molecule has 1 aliphatic heterocycles. The van der Waals surface area contributed by atoms with E-state index in [1.165, 1.54) is 0 Å². The molecule has 1 aliphatic rings. The third kappa shape index (κ3) is 5.30. The molecule has 1 aromatic heterocycles. The molecule has 1 unspecified atom stereocenters. The van der Waals surface area contributed by atoms with E-state index in [-0.39, 0.29) is 5.92 Å². The van der Waals surface area contributed by atoms with Crippen LogP contribution in [0, 0.1) is 11.3 Å². The predicted octanol–water partition coefficient (Wildman–Crippen LogP) is 5.71. The predicted molar refractivity (Wildman–Crippen MR) is 144 cm³/mol. The highest BCUT2D eigenvalue weighted by Crippen LogP contribution is 2.27. The van der Waals surface area contributed by atoms with Crippen LogP contribution in [-0.2, 0) is 0 Å². The Morgan fingerprint density at radius 3 is 2.58 bits per heavy atom. The second-order valence-electron chi connectivity index (χ2n) is 9.23. The summed E-state index contributed by atoms with van der Waals surface area (Å²) in [6.45, 7) is 9.23. The molecule has 0 amide bonds. The molecule has 0 saturated carbocycles. The first-order chi connectivity index (χ1) is 17.4. The molecule has 2 aromatic carbocycles. The van der Waals surface area contributed by atoms with Crippen molar-refractivity contribution in [2.24, 2.45) is 10.1 Å². The minimum atomic E-state index is 0.184. The van der Waals surface area contributed by atoms with Gasteiger partial charge in [-0.05, 0) is 49.7 Å². The van der Waals surface area contributed by atoms with E-state index in [9.17, 15) is 0 Å². The first-order valence-electron chi connectivity index (χ1n) is 12.5. The van der Waals surface area contributed by atoms with Crippen LogP contribution < -0.4 is 9.64 Å². The second kappa shape index (κ2) is 11.2. The number of aromatic nitrogens is 3. The number of anilines is 1. The monoisotopic (exact) mass is 483 g/mol. The Kier molecular flexibility index (Phi) is 7.79. The van der Waals surface area contributed by atoms with Crippen molar-refractivity contribution >= 4 is 22.8 Å². The zero-order chi connectivity index (χ0) is 25.7. The highest BCUT2D eigenvalue weighted by molar-refractivity contribution is 6.54. The topological polar surface area (TPSA) is 91.7 Å². The Labute approximate surface area is 213 Å². The van der Waals surface area contributed by atoms with Gasteiger partial charge >= 0.3 is 0 Å². The van der Waals surface area contributed by atoms with Crippen LogP contribution in [0.3, 0.4) is 0 Å². The summed E-state index contributed by atoms with van der Waals surface area (Å²) >= 11 is 0. The quantitative estimate of drug-likeness (QED) is 0.368. The van der Waals surface area contributed by atoms with Gasteiger partial charge in [0.15, 0.2) is 5.82 Å². The SMILES string of the molecule is CCCC(C)N(CCC#N)c1ccc(N=C2C(c3cccc(OC)c3)=Nn3nc(C(C)C)nc32)cc1. The van der Waals surface area contributed by atoms with Gasteiger partial charge in [-0.3, -0.25) is 0 Å². The van der Waals surface area contributed by atoms with E-state index in [0.29, 0.717) is 36.3 Å². The molecule has 0 radical (unpaired) electrons. The lowest BCUT2D eigenvalue weighted by molar-refractivity contribution is 0.414. The fourth-order valence-electron chi connectivity index (χ4n) is 4.29. The molecule has 1 atom stereocenters. The summed E-state index contributed by atoms with van der Waals surface area (Å²) in [7, 11) is 1.65. The maximum absolute atomic E-state index is 9.12. The van der Waals surface area contributed by atoms with Crippen LogP contribution in [-0.4, -0.2) is 46.0 Å². The van der Waals surface area contributed by atoms with Gasteiger partial charge in [0.05, 0.1) is 25.3 Å². The van der Waals surface area contributed by atoms with E-state index in [1.807, 2.05) is 36.4 Å². The standard InChI is InChI=1S/C28H33N7O/c1-6-9-20(4)34(17-8-16-29)23-14-12-22(13-15-23)30-26-25(21-10-7-11-24(18-21)36-5)32-35-28(26)31-27(33-35)19(2)3/h7,10-15,18-20H,6,8-9,17H2,1-5H3. The van der Waals surface area contributed by atoms with E-state index in [4.69, 9.17) is 25.1 Å². The number of fused-ring (bicyclic) bond motifs is 1. The Balaban J connectivity index is 1.71. The number of rotatable bonds is 10.